The zero-order valence-corrected chi connectivity index (χ0v) is 17.4. The van der Waals surface area contributed by atoms with E-state index >= 15 is 0 Å². The average Bonchev–Trinajstić information content (AvgIpc) is 2.99. The van der Waals surface area contributed by atoms with Crippen LogP contribution in [0.2, 0.25) is 10.0 Å². The maximum atomic E-state index is 11.1. The minimum atomic E-state index is 0.0665. The Morgan fingerprint density at radius 3 is 2.31 bits per heavy atom. The number of aromatic hydroxyl groups is 1. The second-order valence-electron chi connectivity index (χ2n) is 6.98. The molecule has 29 heavy (non-hydrogen) atoms. The highest BCUT2D eigenvalue weighted by Gasteiger charge is 2.20. The van der Waals surface area contributed by atoms with E-state index in [2.05, 4.69) is 24.0 Å². The minimum absolute atomic E-state index is 0.0665. The fourth-order valence-electron chi connectivity index (χ4n) is 3.52. The summed E-state index contributed by atoms with van der Waals surface area (Å²) in [5, 5.41) is 12.9. The van der Waals surface area contributed by atoms with Gasteiger partial charge in [-0.25, -0.2) is 0 Å². The smallest absolute Gasteiger partial charge is 0.205 e. The summed E-state index contributed by atoms with van der Waals surface area (Å²) in [5.74, 6) is 0.0665. The number of aliphatic imine (C=N–C) groups is 1. The molecule has 0 saturated carbocycles. The zero-order valence-electron chi connectivity index (χ0n) is 15.9. The van der Waals surface area contributed by atoms with Gasteiger partial charge in [0, 0.05) is 11.6 Å². The molecule has 3 nitrogen and oxygen atoms in total. The van der Waals surface area contributed by atoms with Gasteiger partial charge in [0.05, 0.1) is 32.9 Å². The number of hydrogen-bond donors (Lipinski definition) is 1. The van der Waals surface area contributed by atoms with Gasteiger partial charge in [-0.05, 0) is 37.1 Å². The molecule has 3 aromatic carbocycles. The third-order valence-corrected chi connectivity index (χ3v) is 5.49. The Bertz CT molecular complexity index is 1160. The van der Waals surface area contributed by atoms with Gasteiger partial charge >= 0.3 is 0 Å². The predicted octanol–water partition coefficient (Wildman–Crippen LogP) is 6.69. The normalized spacial score (nSPS) is 12.7. The zero-order chi connectivity index (χ0) is 20.4. The monoisotopic (exact) mass is 422 g/mol. The van der Waals surface area contributed by atoms with Gasteiger partial charge in [-0.15, -0.1) is 0 Å². The van der Waals surface area contributed by atoms with E-state index in [4.69, 9.17) is 23.2 Å². The Hall–Kier alpha value is -2.75. The molecule has 1 N–H and O–H groups in total. The van der Waals surface area contributed by atoms with E-state index in [9.17, 15) is 5.11 Å². The lowest BCUT2D eigenvalue weighted by Gasteiger charge is -2.11. The van der Waals surface area contributed by atoms with Crippen LogP contribution in [0.4, 0.5) is 0 Å². The Labute approximate surface area is 179 Å². The Morgan fingerprint density at radius 1 is 0.931 bits per heavy atom. The number of benzene rings is 3. The SMILES string of the molecule is C[C@H](Cc1ccccc1)N=Cc1c(O)n(-c2c(Cl)cccc2Cl)c2ccccc12. The van der Waals surface area contributed by atoms with Crippen LogP contribution in [-0.4, -0.2) is 21.9 Å². The summed E-state index contributed by atoms with van der Waals surface area (Å²) < 4.78 is 1.68. The van der Waals surface area contributed by atoms with E-state index in [0.717, 1.165) is 17.3 Å². The molecule has 1 heterocycles. The van der Waals surface area contributed by atoms with E-state index in [1.807, 2.05) is 42.5 Å². The molecule has 0 fully saturated rings. The summed E-state index contributed by atoms with van der Waals surface area (Å²) in [4.78, 5) is 4.69. The molecule has 146 valence electrons. The van der Waals surface area contributed by atoms with Gasteiger partial charge in [-0.2, -0.15) is 0 Å². The first-order valence-electron chi connectivity index (χ1n) is 9.40. The first-order chi connectivity index (χ1) is 14.1. The van der Waals surface area contributed by atoms with Gasteiger partial charge in [-0.1, -0.05) is 77.8 Å². The van der Waals surface area contributed by atoms with E-state index < -0.39 is 0 Å². The molecule has 1 atom stereocenters. The topological polar surface area (TPSA) is 37.5 Å². The second kappa shape index (κ2) is 8.32. The van der Waals surface area contributed by atoms with E-state index in [1.54, 1.807) is 29.0 Å². The quantitative estimate of drug-likeness (QED) is 0.357. The number of hydrogen-bond acceptors (Lipinski definition) is 2. The Balaban J connectivity index is 1.77. The van der Waals surface area contributed by atoms with Crippen molar-refractivity contribution in [1.29, 1.82) is 0 Å². The molecular formula is C24H20Cl2N2O. The third-order valence-electron chi connectivity index (χ3n) is 4.88. The third kappa shape index (κ3) is 3.89. The molecule has 5 heteroatoms. The summed E-state index contributed by atoms with van der Waals surface area (Å²) in [6.45, 7) is 2.06. The molecule has 0 bridgehead atoms. The van der Waals surface area contributed by atoms with Crippen molar-refractivity contribution in [2.75, 3.05) is 0 Å². The number of nitrogens with zero attached hydrogens (tertiary/aromatic N) is 2. The highest BCUT2D eigenvalue weighted by atomic mass is 35.5. The summed E-state index contributed by atoms with van der Waals surface area (Å²) in [7, 11) is 0. The van der Waals surface area contributed by atoms with Gasteiger partial charge < -0.3 is 5.11 Å². The van der Waals surface area contributed by atoms with E-state index in [1.165, 1.54) is 5.56 Å². The van der Waals surface area contributed by atoms with Gasteiger partial charge in [0.1, 0.15) is 0 Å². The van der Waals surface area contributed by atoms with Crippen molar-refractivity contribution in [2.24, 2.45) is 4.99 Å². The lowest BCUT2D eigenvalue weighted by atomic mass is 10.1. The lowest BCUT2D eigenvalue weighted by molar-refractivity contribution is 0.444. The van der Waals surface area contributed by atoms with Crippen LogP contribution in [0.25, 0.3) is 16.6 Å². The van der Waals surface area contributed by atoms with Crippen LogP contribution < -0.4 is 0 Å². The lowest BCUT2D eigenvalue weighted by Crippen LogP contribution is -2.03. The van der Waals surface area contributed by atoms with Gasteiger partial charge in [0.15, 0.2) is 0 Å². The Kier molecular flexibility index (Phi) is 5.61. The van der Waals surface area contributed by atoms with E-state index in [-0.39, 0.29) is 11.9 Å². The number of halogens is 2. The molecule has 1 aromatic heterocycles. The fourth-order valence-corrected chi connectivity index (χ4v) is 4.08. The highest BCUT2D eigenvalue weighted by molar-refractivity contribution is 6.38. The van der Waals surface area contributed by atoms with Crippen LogP contribution in [0.15, 0.2) is 77.8 Å². The standard InChI is InChI=1S/C24H20Cl2N2O/c1-16(14-17-8-3-2-4-9-17)27-15-19-18-10-5-6-13-22(18)28(24(19)29)23-20(25)11-7-12-21(23)26/h2-13,15-16,29H,14H2,1H3/t16-/m1/s1. The van der Waals surface area contributed by atoms with Crippen molar-refractivity contribution in [3.8, 4) is 11.6 Å². The molecule has 0 saturated heterocycles. The van der Waals surface area contributed by atoms with Crippen molar-refractivity contribution < 1.29 is 5.11 Å². The molecule has 0 radical (unpaired) electrons. The molecule has 0 unspecified atom stereocenters. The minimum Gasteiger partial charge on any atom is -0.494 e. The van der Waals surface area contributed by atoms with Crippen molar-refractivity contribution in [3.63, 3.8) is 0 Å². The second-order valence-corrected chi connectivity index (χ2v) is 7.79. The van der Waals surface area contributed by atoms with Crippen LogP contribution in [0, 0.1) is 0 Å². The number of fused-ring (bicyclic) bond motifs is 1. The number of rotatable bonds is 5. The van der Waals surface area contributed by atoms with Gasteiger partial charge in [0.2, 0.25) is 5.88 Å². The summed E-state index contributed by atoms with van der Waals surface area (Å²) in [6.07, 6.45) is 2.57. The first kappa shape index (κ1) is 19.6. The average molecular weight is 423 g/mol. The van der Waals surface area contributed by atoms with Crippen LogP contribution in [0.1, 0.15) is 18.1 Å². The Morgan fingerprint density at radius 2 is 1.59 bits per heavy atom. The maximum absolute atomic E-state index is 11.1. The van der Waals surface area contributed by atoms with Crippen LogP contribution in [-0.2, 0) is 6.42 Å². The highest BCUT2D eigenvalue weighted by Crippen LogP contribution is 2.38. The number of para-hydroxylation sites is 2. The largest absolute Gasteiger partial charge is 0.494 e. The van der Waals surface area contributed by atoms with E-state index in [0.29, 0.717) is 21.3 Å². The van der Waals surface area contributed by atoms with Crippen molar-refractivity contribution in [3.05, 3.63) is 94.0 Å². The van der Waals surface area contributed by atoms with Crippen molar-refractivity contribution in [2.45, 2.75) is 19.4 Å². The van der Waals surface area contributed by atoms with Gasteiger partial charge in [-0.3, -0.25) is 9.56 Å². The molecule has 0 amide bonds. The molecule has 4 aromatic rings. The summed E-state index contributed by atoms with van der Waals surface area (Å²) >= 11 is 12.8. The predicted molar refractivity (Wildman–Crippen MR) is 122 cm³/mol. The summed E-state index contributed by atoms with van der Waals surface area (Å²) in [5.41, 5.74) is 3.25. The molecule has 0 aliphatic heterocycles. The molecular weight excluding hydrogens is 403 g/mol. The fraction of sp³-hybridized carbons (Fsp3) is 0.125. The number of aromatic nitrogens is 1. The molecule has 0 aliphatic rings. The molecule has 0 aliphatic carbocycles. The molecule has 4 rings (SSSR count). The van der Waals surface area contributed by atoms with Crippen LogP contribution in [0.5, 0.6) is 5.88 Å². The maximum Gasteiger partial charge on any atom is 0.205 e. The van der Waals surface area contributed by atoms with Crippen LogP contribution in [0.3, 0.4) is 0 Å². The molecule has 0 spiro atoms. The van der Waals surface area contributed by atoms with Crippen molar-refractivity contribution in [1.82, 2.24) is 4.57 Å². The summed E-state index contributed by atoms with van der Waals surface area (Å²) in [6, 6.07) is 23.4. The van der Waals surface area contributed by atoms with Crippen molar-refractivity contribution >= 4 is 40.3 Å². The van der Waals surface area contributed by atoms with Gasteiger partial charge in [0.25, 0.3) is 0 Å². The van der Waals surface area contributed by atoms with Crippen LogP contribution >= 0.6 is 23.2 Å². The first-order valence-corrected chi connectivity index (χ1v) is 10.2.